The maximum atomic E-state index is 12.6. The quantitative estimate of drug-likeness (QED) is 0.346. The van der Waals surface area contributed by atoms with Crippen LogP contribution in [0.15, 0.2) is 103 Å². The maximum Gasteiger partial charge on any atom is 0.407 e. The number of ether oxygens (including phenoxy) is 1. The van der Waals surface area contributed by atoms with Gasteiger partial charge in [-0.05, 0) is 52.1 Å². The lowest BCUT2D eigenvalue weighted by Crippen LogP contribution is -2.42. The standard InChI is InChI=1S/C32H25NO4/c34-31(35)30(20-24-18-16-23(17-19-24)15-14-22-8-2-1-3-9-22)33-32(36)37-21-29-27-12-6-4-10-25(27)26-11-5-7-13-28(26)29/h1-13,16-19,29-30H,20-21H2,(H,33,36)(H,34,35)/t30-/m0/s1. The number of aliphatic carboxylic acids is 1. The highest BCUT2D eigenvalue weighted by atomic mass is 16.5. The van der Waals surface area contributed by atoms with Crippen molar-refractivity contribution in [3.63, 3.8) is 0 Å². The van der Waals surface area contributed by atoms with Gasteiger partial charge in [-0.2, -0.15) is 0 Å². The molecule has 5 rings (SSSR count). The van der Waals surface area contributed by atoms with Crippen molar-refractivity contribution in [1.82, 2.24) is 5.32 Å². The van der Waals surface area contributed by atoms with Crippen LogP contribution in [0.25, 0.3) is 11.1 Å². The van der Waals surface area contributed by atoms with Gasteiger partial charge >= 0.3 is 12.1 Å². The Kier molecular flexibility index (Phi) is 7.00. The molecule has 0 spiro atoms. The number of amides is 1. The zero-order valence-corrected chi connectivity index (χ0v) is 20.1. The molecule has 0 saturated heterocycles. The molecule has 4 aromatic rings. The molecule has 1 aliphatic carbocycles. The van der Waals surface area contributed by atoms with Crippen LogP contribution in [0.1, 0.15) is 33.7 Å². The van der Waals surface area contributed by atoms with E-state index >= 15 is 0 Å². The second-order valence-electron chi connectivity index (χ2n) is 8.88. The van der Waals surface area contributed by atoms with E-state index < -0.39 is 18.1 Å². The Hall–Kier alpha value is -4.82. The van der Waals surface area contributed by atoms with Crippen LogP contribution in [-0.4, -0.2) is 29.8 Å². The fraction of sp³-hybridized carbons (Fsp3) is 0.125. The van der Waals surface area contributed by atoms with Crippen molar-refractivity contribution in [1.29, 1.82) is 0 Å². The van der Waals surface area contributed by atoms with Crippen LogP contribution in [0.2, 0.25) is 0 Å². The number of hydrogen-bond acceptors (Lipinski definition) is 3. The molecule has 37 heavy (non-hydrogen) atoms. The van der Waals surface area contributed by atoms with Crippen molar-refractivity contribution in [3.05, 3.63) is 131 Å². The lowest BCUT2D eigenvalue weighted by Gasteiger charge is -2.17. The fourth-order valence-electron chi connectivity index (χ4n) is 4.61. The molecule has 0 aliphatic heterocycles. The molecule has 2 N–H and O–H groups in total. The van der Waals surface area contributed by atoms with Crippen molar-refractivity contribution in [2.75, 3.05) is 6.61 Å². The zero-order chi connectivity index (χ0) is 25.6. The predicted octanol–water partition coefficient (Wildman–Crippen LogP) is 5.62. The van der Waals surface area contributed by atoms with Crippen LogP contribution in [0.4, 0.5) is 4.79 Å². The Balaban J connectivity index is 1.20. The van der Waals surface area contributed by atoms with Crippen molar-refractivity contribution >= 4 is 12.1 Å². The van der Waals surface area contributed by atoms with Gasteiger partial charge in [-0.1, -0.05) is 90.7 Å². The first kappa shape index (κ1) is 23.9. The summed E-state index contributed by atoms with van der Waals surface area (Å²) in [5.74, 6) is 4.98. The van der Waals surface area contributed by atoms with E-state index in [-0.39, 0.29) is 18.9 Å². The molecule has 4 aromatic carbocycles. The smallest absolute Gasteiger partial charge is 0.407 e. The molecule has 1 atom stereocenters. The van der Waals surface area contributed by atoms with Gasteiger partial charge in [-0.15, -0.1) is 0 Å². The molecular weight excluding hydrogens is 462 g/mol. The molecule has 0 aromatic heterocycles. The van der Waals surface area contributed by atoms with Crippen molar-refractivity contribution < 1.29 is 19.4 Å². The molecule has 0 heterocycles. The number of carboxylic acid groups (broad SMARTS) is 1. The first-order valence-corrected chi connectivity index (χ1v) is 12.1. The van der Waals surface area contributed by atoms with E-state index in [1.54, 1.807) is 0 Å². The largest absolute Gasteiger partial charge is 0.480 e. The Morgan fingerprint density at radius 1 is 0.757 bits per heavy atom. The number of fused-ring (bicyclic) bond motifs is 3. The molecule has 0 saturated carbocycles. The molecule has 0 bridgehead atoms. The van der Waals surface area contributed by atoms with Gasteiger partial charge in [-0.3, -0.25) is 0 Å². The predicted molar refractivity (Wildman–Crippen MR) is 142 cm³/mol. The normalized spacial score (nSPS) is 12.4. The van der Waals surface area contributed by atoms with Crippen LogP contribution < -0.4 is 5.32 Å². The Bertz CT molecular complexity index is 1440. The molecule has 182 valence electrons. The summed E-state index contributed by atoms with van der Waals surface area (Å²) in [5, 5.41) is 12.2. The molecule has 1 amide bonds. The monoisotopic (exact) mass is 487 g/mol. The van der Waals surface area contributed by atoms with E-state index in [1.165, 1.54) is 0 Å². The summed E-state index contributed by atoms with van der Waals surface area (Å²) in [4.78, 5) is 24.4. The van der Waals surface area contributed by atoms with Crippen LogP contribution in [-0.2, 0) is 16.0 Å². The fourth-order valence-corrected chi connectivity index (χ4v) is 4.61. The average molecular weight is 488 g/mol. The van der Waals surface area contributed by atoms with E-state index in [9.17, 15) is 14.7 Å². The Labute approximate surface area is 215 Å². The highest BCUT2D eigenvalue weighted by molar-refractivity contribution is 5.81. The summed E-state index contributed by atoms with van der Waals surface area (Å²) < 4.78 is 5.52. The van der Waals surface area contributed by atoms with E-state index in [4.69, 9.17) is 4.74 Å². The van der Waals surface area contributed by atoms with Gasteiger partial charge in [0.2, 0.25) is 0 Å². The lowest BCUT2D eigenvalue weighted by molar-refractivity contribution is -0.139. The van der Waals surface area contributed by atoms with Crippen LogP contribution >= 0.6 is 0 Å². The number of nitrogens with one attached hydrogen (secondary N) is 1. The van der Waals surface area contributed by atoms with Crippen molar-refractivity contribution in [2.45, 2.75) is 18.4 Å². The summed E-state index contributed by atoms with van der Waals surface area (Å²) in [6.45, 7) is 0.126. The van der Waals surface area contributed by atoms with Gasteiger partial charge in [0.25, 0.3) is 0 Å². The molecule has 0 unspecified atom stereocenters. The number of hydrogen-bond donors (Lipinski definition) is 2. The van der Waals surface area contributed by atoms with Gasteiger partial charge in [0, 0.05) is 23.5 Å². The first-order chi connectivity index (χ1) is 18.1. The van der Waals surface area contributed by atoms with Crippen LogP contribution in [0.5, 0.6) is 0 Å². The number of rotatable bonds is 6. The topological polar surface area (TPSA) is 75.6 Å². The Morgan fingerprint density at radius 3 is 1.89 bits per heavy atom. The summed E-state index contributed by atoms with van der Waals surface area (Å²) >= 11 is 0. The number of benzene rings is 4. The number of carboxylic acids is 1. The molecular formula is C32H25NO4. The van der Waals surface area contributed by atoms with Gasteiger partial charge in [0.1, 0.15) is 12.6 Å². The number of carbonyl (C=O) groups excluding carboxylic acids is 1. The minimum Gasteiger partial charge on any atom is -0.480 e. The van der Waals surface area contributed by atoms with Crippen molar-refractivity contribution in [3.8, 4) is 23.0 Å². The SMILES string of the molecule is O=C(N[C@@H](Cc1ccc(C#Cc2ccccc2)cc1)C(=O)O)OCC1c2ccccc2-c2ccccc21. The third kappa shape index (κ3) is 5.55. The van der Waals surface area contributed by atoms with E-state index in [1.807, 2.05) is 91.0 Å². The van der Waals surface area contributed by atoms with E-state index in [0.717, 1.165) is 38.9 Å². The Morgan fingerprint density at radius 2 is 1.30 bits per heavy atom. The molecule has 5 heteroatoms. The summed E-state index contributed by atoms with van der Waals surface area (Å²) in [6, 6.07) is 32.0. The summed E-state index contributed by atoms with van der Waals surface area (Å²) in [5.41, 5.74) is 6.98. The van der Waals surface area contributed by atoms with Crippen LogP contribution in [0, 0.1) is 11.8 Å². The molecule has 0 fully saturated rings. The minimum atomic E-state index is -1.12. The number of alkyl carbamates (subject to hydrolysis) is 1. The second-order valence-corrected chi connectivity index (χ2v) is 8.88. The van der Waals surface area contributed by atoms with Gasteiger partial charge < -0.3 is 15.2 Å². The van der Waals surface area contributed by atoms with Gasteiger partial charge in [0.15, 0.2) is 0 Å². The van der Waals surface area contributed by atoms with Crippen molar-refractivity contribution in [2.24, 2.45) is 0 Å². The average Bonchev–Trinajstić information content (AvgIpc) is 3.25. The van der Waals surface area contributed by atoms with Gasteiger partial charge in [-0.25, -0.2) is 9.59 Å². The molecule has 5 nitrogen and oxygen atoms in total. The van der Waals surface area contributed by atoms with Crippen LogP contribution in [0.3, 0.4) is 0 Å². The third-order valence-electron chi connectivity index (χ3n) is 6.45. The highest BCUT2D eigenvalue weighted by Crippen LogP contribution is 2.44. The highest BCUT2D eigenvalue weighted by Gasteiger charge is 2.29. The molecule has 1 aliphatic rings. The third-order valence-corrected chi connectivity index (χ3v) is 6.45. The molecule has 0 radical (unpaired) electrons. The number of carbonyl (C=O) groups is 2. The van der Waals surface area contributed by atoms with Gasteiger partial charge in [0.05, 0.1) is 0 Å². The summed E-state index contributed by atoms with van der Waals surface area (Å²) in [6.07, 6.45) is -0.619. The maximum absolute atomic E-state index is 12.6. The van der Waals surface area contributed by atoms with E-state index in [0.29, 0.717) is 0 Å². The zero-order valence-electron chi connectivity index (χ0n) is 20.1. The van der Waals surface area contributed by atoms with E-state index in [2.05, 4.69) is 29.3 Å². The minimum absolute atomic E-state index is 0.0917. The first-order valence-electron chi connectivity index (χ1n) is 12.1. The lowest BCUT2D eigenvalue weighted by atomic mass is 9.98. The summed E-state index contributed by atoms with van der Waals surface area (Å²) in [7, 11) is 0. The second kappa shape index (κ2) is 10.8.